The van der Waals surface area contributed by atoms with E-state index in [9.17, 15) is 19.2 Å². The van der Waals surface area contributed by atoms with Crippen LogP contribution in [0, 0.1) is 0 Å². The summed E-state index contributed by atoms with van der Waals surface area (Å²) in [5, 5.41) is 11.2. The van der Waals surface area contributed by atoms with Crippen molar-refractivity contribution in [2.24, 2.45) is 0 Å². The largest absolute Gasteiger partial charge is 0.491 e. The van der Waals surface area contributed by atoms with Crippen LogP contribution in [0.3, 0.4) is 0 Å². The van der Waals surface area contributed by atoms with Gasteiger partial charge < -0.3 is 30.9 Å². The molecule has 2 aliphatic rings. The van der Waals surface area contributed by atoms with E-state index in [4.69, 9.17) is 4.74 Å². The van der Waals surface area contributed by atoms with Gasteiger partial charge in [0.15, 0.2) is 0 Å². The summed E-state index contributed by atoms with van der Waals surface area (Å²) in [5.41, 5.74) is 1.13. The van der Waals surface area contributed by atoms with Gasteiger partial charge in [-0.15, -0.1) is 0 Å². The van der Waals surface area contributed by atoms with E-state index in [0.29, 0.717) is 18.8 Å². The molecule has 214 valence electrons. The number of fused-ring (bicyclic) bond motifs is 1. The maximum Gasteiger partial charge on any atom is 0.255 e. The van der Waals surface area contributed by atoms with Gasteiger partial charge in [0.25, 0.3) is 5.91 Å². The molecule has 0 aromatic heterocycles. The van der Waals surface area contributed by atoms with E-state index in [-0.39, 0.29) is 37.5 Å². The molecule has 0 aliphatic carbocycles. The maximum absolute atomic E-state index is 13.3. The number of carbonyl (C=O) groups is 4. The molecule has 4 N–H and O–H groups in total. The summed E-state index contributed by atoms with van der Waals surface area (Å²) in [6, 6.07) is 14.1. The van der Waals surface area contributed by atoms with E-state index in [1.807, 2.05) is 30.3 Å². The highest BCUT2D eigenvalue weighted by Gasteiger charge is 2.29. The van der Waals surface area contributed by atoms with Crippen LogP contribution in [0.15, 0.2) is 54.6 Å². The normalized spacial score (nSPS) is 21.4. The molecule has 2 aliphatic heterocycles. The van der Waals surface area contributed by atoms with Crippen LogP contribution in [0.2, 0.25) is 0 Å². The molecule has 0 radical (unpaired) electrons. The van der Waals surface area contributed by atoms with E-state index in [1.54, 1.807) is 24.3 Å². The Kier molecular flexibility index (Phi) is 10.9. The van der Waals surface area contributed by atoms with Crippen LogP contribution in [0.25, 0.3) is 0 Å². The molecule has 2 aromatic rings. The van der Waals surface area contributed by atoms with Gasteiger partial charge in [-0.25, -0.2) is 0 Å². The first-order valence-electron chi connectivity index (χ1n) is 14.1. The number of likely N-dealkylation sites (tertiary alicyclic amines) is 1. The van der Waals surface area contributed by atoms with Gasteiger partial charge in [-0.05, 0) is 43.6 Å². The van der Waals surface area contributed by atoms with Gasteiger partial charge in [-0.3, -0.25) is 19.2 Å². The molecule has 10 nitrogen and oxygen atoms in total. The third kappa shape index (κ3) is 8.81. The number of amides is 4. The van der Waals surface area contributed by atoms with E-state index in [1.165, 1.54) is 12.8 Å². The molecule has 0 unspecified atom stereocenters. The summed E-state index contributed by atoms with van der Waals surface area (Å²) in [7, 11) is 0. The van der Waals surface area contributed by atoms with Gasteiger partial charge in [-0.2, -0.15) is 0 Å². The fourth-order valence-corrected chi connectivity index (χ4v) is 5.00. The molecule has 10 heteroatoms. The van der Waals surface area contributed by atoms with Gasteiger partial charge in [-0.1, -0.05) is 55.3 Å². The summed E-state index contributed by atoms with van der Waals surface area (Å²) in [4.78, 5) is 55.0. The van der Waals surface area contributed by atoms with Gasteiger partial charge in [0.05, 0.1) is 18.5 Å². The van der Waals surface area contributed by atoms with Crippen LogP contribution < -0.4 is 26.0 Å². The highest BCUT2D eigenvalue weighted by Crippen LogP contribution is 2.18. The lowest BCUT2D eigenvalue weighted by atomic mass is 10.0. The predicted octanol–water partition coefficient (Wildman–Crippen LogP) is 1.40. The van der Waals surface area contributed by atoms with E-state index < -0.39 is 29.8 Å². The van der Waals surface area contributed by atoms with Crippen molar-refractivity contribution in [2.75, 3.05) is 39.3 Å². The fraction of sp³-hybridized carbons (Fsp3) is 0.467. The van der Waals surface area contributed by atoms with Gasteiger partial charge in [0.2, 0.25) is 17.7 Å². The molecule has 0 spiro atoms. The van der Waals surface area contributed by atoms with E-state index in [0.717, 1.165) is 31.5 Å². The van der Waals surface area contributed by atoms with Crippen LogP contribution in [-0.4, -0.2) is 79.9 Å². The maximum atomic E-state index is 13.3. The Hall–Kier alpha value is -3.92. The number of para-hydroxylation sites is 1. The number of rotatable bonds is 6. The second-order valence-electron chi connectivity index (χ2n) is 10.2. The van der Waals surface area contributed by atoms with Crippen LogP contribution in [0.4, 0.5) is 0 Å². The summed E-state index contributed by atoms with van der Waals surface area (Å²) in [6.45, 7) is 3.43. The molecule has 4 rings (SSSR count). The molecule has 1 fully saturated rings. The topological polar surface area (TPSA) is 129 Å². The standard InChI is InChI=1S/C30H39N5O5/c36-27-21-25(30(39)31-14-18-35-16-8-1-2-9-17-35)34-28(37)23-12-6-7-13-26(23)40-19-15-32-29(38)24(33-27)20-22-10-4-3-5-11-22/h3-7,10-13,24-25H,1-2,8-9,14-21H2,(H,31,39)(H,32,38)(H,33,36)(H,34,37)/t24-,25-/m0/s1. The first-order valence-corrected chi connectivity index (χ1v) is 14.1. The third-order valence-electron chi connectivity index (χ3n) is 7.16. The first kappa shape index (κ1) is 29.1. The first-order chi connectivity index (χ1) is 19.5. The van der Waals surface area contributed by atoms with Crippen molar-refractivity contribution < 1.29 is 23.9 Å². The minimum atomic E-state index is -1.13. The molecular formula is C30H39N5O5. The minimum Gasteiger partial charge on any atom is -0.491 e. The second kappa shape index (κ2) is 15.0. The monoisotopic (exact) mass is 549 g/mol. The number of benzene rings is 2. The number of carbonyl (C=O) groups excluding carboxylic acids is 4. The highest BCUT2D eigenvalue weighted by molar-refractivity contribution is 6.01. The highest BCUT2D eigenvalue weighted by atomic mass is 16.5. The van der Waals surface area contributed by atoms with Crippen LogP contribution in [-0.2, 0) is 20.8 Å². The predicted molar refractivity (Wildman–Crippen MR) is 151 cm³/mol. The summed E-state index contributed by atoms with van der Waals surface area (Å²) < 4.78 is 5.79. The number of hydrogen-bond donors (Lipinski definition) is 4. The Bertz CT molecular complexity index is 1150. The van der Waals surface area contributed by atoms with Crippen molar-refractivity contribution in [1.29, 1.82) is 0 Å². The Morgan fingerprint density at radius 2 is 1.65 bits per heavy atom. The lowest BCUT2D eigenvalue weighted by Gasteiger charge is -2.24. The van der Waals surface area contributed by atoms with Crippen molar-refractivity contribution in [3.05, 3.63) is 65.7 Å². The lowest BCUT2D eigenvalue weighted by Crippen LogP contribution is -2.53. The third-order valence-corrected chi connectivity index (χ3v) is 7.16. The zero-order valence-corrected chi connectivity index (χ0v) is 22.8. The summed E-state index contributed by atoms with van der Waals surface area (Å²) >= 11 is 0. The van der Waals surface area contributed by atoms with Gasteiger partial charge in [0, 0.05) is 19.5 Å². The number of nitrogens with one attached hydrogen (secondary N) is 4. The smallest absolute Gasteiger partial charge is 0.255 e. The zero-order chi connectivity index (χ0) is 28.2. The molecule has 2 heterocycles. The summed E-state index contributed by atoms with van der Waals surface area (Å²) in [5.74, 6) is -1.50. The number of nitrogens with zero attached hydrogens (tertiary/aromatic N) is 1. The molecule has 1 saturated heterocycles. The van der Waals surface area contributed by atoms with Crippen molar-refractivity contribution in [3.63, 3.8) is 0 Å². The average molecular weight is 550 g/mol. The molecule has 4 amide bonds. The van der Waals surface area contributed by atoms with Crippen LogP contribution in [0.1, 0.15) is 48.0 Å². The van der Waals surface area contributed by atoms with Crippen LogP contribution in [0.5, 0.6) is 5.75 Å². The van der Waals surface area contributed by atoms with E-state index in [2.05, 4.69) is 26.2 Å². The van der Waals surface area contributed by atoms with Crippen molar-refractivity contribution >= 4 is 23.6 Å². The molecular weight excluding hydrogens is 510 g/mol. The molecule has 0 bridgehead atoms. The number of hydrogen-bond acceptors (Lipinski definition) is 6. The molecule has 2 atom stereocenters. The minimum absolute atomic E-state index is 0.127. The molecule has 40 heavy (non-hydrogen) atoms. The summed E-state index contributed by atoms with van der Waals surface area (Å²) in [6.07, 6.45) is 4.70. The van der Waals surface area contributed by atoms with Crippen LogP contribution >= 0.6 is 0 Å². The Labute approximate surface area is 235 Å². The van der Waals surface area contributed by atoms with Gasteiger partial charge >= 0.3 is 0 Å². The Morgan fingerprint density at radius 1 is 0.925 bits per heavy atom. The fourth-order valence-electron chi connectivity index (χ4n) is 5.00. The zero-order valence-electron chi connectivity index (χ0n) is 22.8. The Morgan fingerprint density at radius 3 is 2.42 bits per heavy atom. The number of ether oxygens (including phenoxy) is 1. The average Bonchev–Trinajstić information content (AvgIpc) is 3.23. The van der Waals surface area contributed by atoms with Crippen molar-refractivity contribution in [2.45, 2.75) is 50.6 Å². The van der Waals surface area contributed by atoms with Crippen molar-refractivity contribution in [3.8, 4) is 5.75 Å². The molecule has 0 saturated carbocycles. The lowest BCUT2D eigenvalue weighted by molar-refractivity contribution is -0.131. The SMILES string of the molecule is O=C1C[C@@H](C(=O)NCCN2CCCCCC2)NC(=O)c2ccccc2OCCNC(=O)[C@H](Cc2ccccc2)N1. The quantitative estimate of drug-likeness (QED) is 0.431. The second-order valence-corrected chi connectivity index (χ2v) is 10.2. The molecule has 2 aromatic carbocycles. The Balaban J connectivity index is 1.49. The van der Waals surface area contributed by atoms with E-state index >= 15 is 0 Å². The van der Waals surface area contributed by atoms with Gasteiger partial charge in [0.1, 0.15) is 24.4 Å². The van der Waals surface area contributed by atoms with Crippen molar-refractivity contribution in [1.82, 2.24) is 26.2 Å².